The quantitative estimate of drug-likeness (QED) is 0.404. The zero-order valence-corrected chi connectivity index (χ0v) is 24.1. The maximum Gasteiger partial charge on any atom is 0.242 e. The largest absolute Gasteiger partial charge is 0.497 e. The number of hydrogen-bond donors (Lipinski definition) is 1. The molecule has 0 saturated heterocycles. The Morgan fingerprint density at radius 3 is 2.50 bits per heavy atom. The highest BCUT2D eigenvalue weighted by Crippen LogP contribution is 2.28. The third-order valence-corrected chi connectivity index (χ3v) is 8.61. The molecule has 0 spiro atoms. The average Bonchev–Trinajstić information content (AvgIpc) is 3.39. The minimum atomic E-state index is -3.60. The first-order chi connectivity index (χ1) is 18.0. The molecule has 1 aliphatic carbocycles. The van der Waals surface area contributed by atoms with E-state index in [4.69, 9.17) is 16.3 Å². The van der Waals surface area contributed by atoms with E-state index in [9.17, 15) is 18.0 Å². The lowest BCUT2D eigenvalue weighted by Crippen LogP contribution is -2.49. The number of hydrogen-bond acceptors (Lipinski definition) is 5. The molecule has 0 bridgehead atoms. The second-order valence-corrected chi connectivity index (χ2v) is 12.2. The van der Waals surface area contributed by atoms with Crippen LogP contribution in [0.15, 0.2) is 42.5 Å². The van der Waals surface area contributed by atoms with E-state index >= 15 is 0 Å². The van der Waals surface area contributed by atoms with Gasteiger partial charge < -0.3 is 15.0 Å². The van der Waals surface area contributed by atoms with E-state index in [1.54, 1.807) is 44.1 Å². The van der Waals surface area contributed by atoms with Gasteiger partial charge in [-0.25, -0.2) is 8.42 Å². The molecule has 1 N–H and O–H groups in total. The second kappa shape index (κ2) is 13.3. The Bertz CT molecular complexity index is 1230. The molecule has 2 amide bonds. The van der Waals surface area contributed by atoms with Crippen LogP contribution in [0.3, 0.4) is 0 Å². The van der Waals surface area contributed by atoms with Crippen molar-refractivity contribution in [2.75, 3.05) is 24.2 Å². The number of amides is 2. The summed E-state index contributed by atoms with van der Waals surface area (Å²) in [6.07, 6.45) is 5.59. The van der Waals surface area contributed by atoms with Gasteiger partial charge in [-0.2, -0.15) is 0 Å². The van der Waals surface area contributed by atoms with Crippen molar-refractivity contribution in [3.05, 3.63) is 58.6 Å². The van der Waals surface area contributed by atoms with Crippen molar-refractivity contribution in [3.63, 3.8) is 0 Å². The minimum absolute atomic E-state index is 0.0800. The minimum Gasteiger partial charge on any atom is -0.497 e. The summed E-state index contributed by atoms with van der Waals surface area (Å²) in [7, 11) is -2.02. The lowest BCUT2D eigenvalue weighted by Gasteiger charge is -2.30. The van der Waals surface area contributed by atoms with Gasteiger partial charge in [-0.3, -0.25) is 13.9 Å². The van der Waals surface area contributed by atoms with Gasteiger partial charge in [0.05, 0.1) is 19.1 Å². The van der Waals surface area contributed by atoms with Crippen molar-refractivity contribution in [3.8, 4) is 5.75 Å². The van der Waals surface area contributed by atoms with Crippen LogP contribution in [-0.4, -0.2) is 57.1 Å². The van der Waals surface area contributed by atoms with Crippen LogP contribution in [0.2, 0.25) is 5.02 Å². The highest BCUT2D eigenvalue weighted by Gasteiger charge is 2.29. The number of nitrogens with zero attached hydrogens (tertiary/aromatic N) is 2. The number of anilines is 1. The fraction of sp³-hybridized carbons (Fsp3) is 0.500. The Hall–Kier alpha value is -2.78. The molecule has 3 rings (SSSR count). The summed E-state index contributed by atoms with van der Waals surface area (Å²) in [5.41, 5.74) is 1.98. The van der Waals surface area contributed by atoms with Gasteiger partial charge in [0.25, 0.3) is 0 Å². The number of sulfonamides is 1. The monoisotopic (exact) mass is 563 g/mol. The van der Waals surface area contributed by atoms with Crippen LogP contribution in [-0.2, 0) is 26.2 Å². The van der Waals surface area contributed by atoms with Crippen molar-refractivity contribution < 1.29 is 22.7 Å². The zero-order valence-electron chi connectivity index (χ0n) is 22.6. The maximum atomic E-state index is 13.5. The summed E-state index contributed by atoms with van der Waals surface area (Å²) < 4.78 is 31.8. The van der Waals surface area contributed by atoms with E-state index in [0.717, 1.165) is 37.5 Å². The van der Waals surface area contributed by atoms with Gasteiger partial charge in [0.15, 0.2) is 0 Å². The van der Waals surface area contributed by atoms with E-state index in [2.05, 4.69) is 5.32 Å². The van der Waals surface area contributed by atoms with Gasteiger partial charge in [0.1, 0.15) is 11.8 Å². The van der Waals surface area contributed by atoms with E-state index in [0.29, 0.717) is 22.0 Å². The maximum absolute atomic E-state index is 13.5. The molecule has 38 heavy (non-hydrogen) atoms. The highest BCUT2D eigenvalue weighted by molar-refractivity contribution is 7.92. The van der Waals surface area contributed by atoms with Gasteiger partial charge in [-0.05, 0) is 68.5 Å². The van der Waals surface area contributed by atoms with E-state index in [1.165, 1.54) is 4.31 Å². The van der Waals surface area contributed by atoms with Gasteiger partial charge in [-0.1, -0.05) is 42.6 Å². The highest BCUT2D eigenvalue weighted by atomic mass is 35.5. The zero-order chi connectivity index (χ0) is 27.9. The summed E-state index contributed by atoms with van der Waals surface area (Å²) in [4.78, 5) is 28.2. The van der Waals surface area contributed by atoms with Crippen LogP contribution >= 0.6 is 11.6 Å². The number of methoxy groups -OCH3 is 1. The molecular weight excluding hydrogens is 526 g/mol. The molecule has 10 heteroatoms. The van der Waals surface area contributed by atoms with Gasteiger partial charge in [0, 0.05) is 30.6 Å². The van der Waals surface area contributed by atoms with Gasteiger partial charge in [-0.15, -0.1) is 0 Å². The van der Waals surface area contributed by atoms with Crippen molar-refractivity contribution in [1.29, 1.82) is 0 Å². The number of carbonyl (C=O) groups is 2. The molecule has 0 aromatic heterocycles. The van der Waals surface area contributed by atoms with Crippen LogP contribution in [0.4, 0.5) is 5.69 Å². The number of nitrogens with one attached hydrogen (secondary N) is 1. The number of carbonyl (C=O) groups excluding carboxylic acids is 2. The second-order valence-electron chi connectivity index (χ2n) is 9.86. The molecule has 8 nitrogen and oxygen atoms in total. The fourth-order valence-electron chi connectivity index (χ4n) is 4.79. The van der Waals surface area contributed by atoms with Gasteiger partial charge >= 0.3 is 0 Å². The first kappa shape index (κ1) is 29.8. The molecule has 2 aromatic rings. The lowest BCUT2D eigenvalue weighted by atomic mass is 10.1. The molecule has 1 fully saturated rings. The molecule has 1 saturated carbocycles. The predicted octanol–water partition coefficient (Wildman–Crippen LogP) is 4.68. The van der Waals surface area contributed by atoms with E-state index in [1.807, 2.05) is 24.3 Å². The molecule has 1 aliphatic rings. The molecule has 2 aromatic carbocycles. The molecular formula is C28H38ClN3O5S. The topological polar surface area (TPSA) is 96.0 Å². The van der Waals surface area contributed by atoms with Crippen LogP contribution < -0.4 is 14.4 Å². The van der Waals surface area contributed by atoms with Crippen LogP contribution in [0.25, 0.3) is 0 Å². The average molecular weight is 564 g/mol. The number of ether oxygens (including phenoxy) is 1. The van der Waals surface area contributed by atoms with Crippen molar-refractivity contribution in [1.82, 2.24) is 10.2 Å². The molecule has 208 valence electrons. The Labute approximate surface area is 231 Å². The summed E-state index contributed by atoms with van der Waals surface area (Å²) in [5.74, 6) is 0.261. The molecule has 1 atom stereocenters. The fourth-order valence-corrected chi connectivity index (χ4v) is 5.98. The van der Waals surface area contributed by atoms with E-state index < -0.39 is 16.1 Å². The molecule has 0 heterocycles. The lowest BCUT2D eigenvalue weighted by molar-refractivity contribution is -0.141. The SMILES string of the molecule is COc1cccc(CN(C(=O)CCCN(c2cccc(Cl)c2C)S(C)(=O)=O)C(C)C(=O)NC2CCCC2)c1. The summed E-state index contributed by atoms with van der Waals surface area (Å²) in [6, 6.07) is 12.0. The molecule has 0 radical (unpaired) electrons. The molecule has 0 aliphatic heterocycles. The normalized spacial score (nSPS) is 14.7. The number of rotatable bonds is 12. The van der Waals surface area contributed by atoms with Gasteiger partial charge in [0.2, 0.25) is 21.8 Å². The third-order valence-electron chi connectivity index (χ3n) is 7.02. The van der Waals surface area contributed by atoms with Crippen LogP contribution in [0.1, 0.15) is 56.6 Å². The number of halogens is 1. The Kier molecular flexibility index (Phi) is 10.4. The first-order valence-electron chi connectivity index (χ1n) is 13.0. The smallest absolute Gasteiger partial charge is 0.242 e. The Morgan fingerprint density at radius 2 is 1.84 bits per heavy atom. The van der Waals surface area contributed by atoms with Crippen molar-refractivity contribution >= 4 is 39.1 Å². The number of benzene rings is 2. The van der Waals surface area contributed by atoms with Crippen molar-refractivity contribution in [2.24, 2.45) is 0 Å². The predicted molar refractivity (Wildman–Crippen MR) is 151 cm³/mol. The summed E-state index contributed by atoms with van der Waals surface area (Å²) in [6.45, 7) is 3.85. The Morgan fingerprint density at radius 1 is 1.16 bits per heavy atom. The van der Waals surface area contributed by atoms with Crippen molar-refractivity contribution in [2.45, 2.75) is 71.0 Å². The Balaban J connectivity index is 1.75. The standard InChI is InChI=1S/C28H38ClN3O5S/c1-20-25(29)14-8-15-26(20)32(38(4,35)36)17-9-16-27(33)31(19-22-10-7-13-24(18-22)37-3)21(2)28(34)30-23-11-5-6-12-23/h7-8,10,13-15,18,21,23H,5-6,9,11-12,16-17,19H2,1-4H3,(H,30,34). The van der Waals surface area contributed by atoms with E-state index in [-0.39, 0.29) is 43.8 Å². The first-order valence-corrected chi connectivity index (χ1v) is 15.2. The van der Waals surface area contributed by atoms with Crippen LogP contribution in [0.5, 0.6) is 5.75 Å². The molecule has 1 unspecified atom stereocenters. The summed E-state index contributed by atoms with van der Waals surface area (Å²) >= 11 is 6.23. The third kappa shape index (κ3) is 7.86. The van der Waals surface area contributed by atoms with Crippen LogP contribution in [0, 0.1) is 6.92 Å². The summed E-state index contributed by atoms with van der Waals surface area (Å²) in [5, 5.41) is 3.56.